The molecule has 1 N–H and O–H groups in total. The van der Waals surface area contributed by atoms with Gasteiger partial charge in [-0.3, -0.25) is 4.79 Å². The molecule has 4 nitrogen and oxygen atoms in total. The number of nitrogens with one attached hydrogen (secondary N) is 1. The van der Waals surface area contributed by atoms with E-state index in [0.717, 1.165) is 22.6 Å². The molecular formula is C25H26ClNO3. The number of aryl methyl sites for hydroxylation is 2. The topological polar surface area (TPSA) is 47.6 Å². The Morgan fingerprint density at radius 2 is 1.70 bits per heavy atom. The van der Waals surface area contributed by atoms with Crippen LogP contribution >= 0.6 is 11.6 Å². The Morgan fingerprint density at radius 3 is 2.40 bits per heavy atom. The molecule has 0 atom stereocenters. The molecule has 0 radical (unpaired) electrons. The summed E-state index contributed by atoms with van der Waals surface area (Å²) in [6.07, 6.45) is 0. The van der Waals surface area contributed by atoms with Crippen LogP contribution in [-0.4, -0.2) is 12.5 Å². The molecule has 1 amide bonds. The van der Waals surface area contributed by atoms with Gasteiger partial charge < -0.3 is 14.8 Å². The van der Waals surface area contributed by atoms with Crippen molar-refractivity contribution in [2.24, 2.45) is 0 Å². The minimum Gasteiger partial charge on any atom is -0.493 e. The van der Waals surface area contributed by atoms with Crippen molar-refractivity contribution in [1.82, 2.24) is 5.32 Å². The zero-order chi connectivity index (χ0) is 21.5. The van der Waals surface area contributed by atoms with E-state index in [-0.39, 0.29) is 5.91 Å². The van der Waals surface area contributed by atoms with Crippen LogP contribution in [0.2, 0.25) is 5.02 Å². The fourth-order valence-corrected chi connectivity index (χ4v) is 3.11. The van der Waals surface area contributed by atoms with Crippen molar-refractivity contribution in [1.29, 1.82) is 0 Å². The van der Waals surface area contributed by atoms with E-state index >= 15 is 0 Å². The average Bonchev–Trinajstić information content (AvgIpc) is 2.75. The number of ether oxygens (including phenoxy) is 2. The molecule has 0 fully saturated rings. The number of halogens is 1. The highest BCUT2D eigenvalue weighted by Crippen LogP contribution is 2.24. The number of amides is 1. The summed E-state index contributed by atoms with van der Waals surface area (Å²) in [5, 5.41) is 3.61. The van der Waals surface area contributed by atoms with Crippen molar-refractivity contribution in [2.45, 2.75) is 33.9 Å². The Hall–Kier alpha value is -2.98. The van der Waals surface area contributed by atoms with Crippen LogP contribution in [0.25, 0.3) is 0 Å². The third-order valence-corrected chi connectivity index (χ3v) is 5.11. The molecule has 0 unspecified atom stereocenters. The quantitative estimate of drug-likeness (QED) is 0.493. The lowest BCUT2D eigenvalue weighted by atomic mass is 10.1. The van der Waals surface area contributed by atoms with Gasteiger partial charge in [-0.25, -0.2) is 0 Å². The van der Waals surface area contributed by atoms with Gasteiger partial charge in [0.2, 0.25) is 0 Å². The van der Waals surface area contributed by atoms with Gasteiger partial charge in [-0.15, -0.1) is 0 Å². The molecule has 30 heavy (non-hydrogen) atoms. The van der Waals surface area contributed by atoms with Crippen LogP contribution in [0.15, 0.2) is 60.7 Å². The van der Waals surface area contributed by atoms with Crippen LogP contribution in [0.4, 0.5) is 0 Å². The summed E-state index contributed by atoms with van der Waals surface area (Å²) in [5.41, 5.74) is 4.77. The first-order valence-corrected chi connectivity index (χ1v) is 10.3. The molecule has 0 spiro atoms. The van der Waals surface area contributed by atoms with Gasteiger partial charge in [0, 0.05) is 22.7 Å². The third kappa shape index (κ3) is 5.77. The van der Waals surface area contributed by atoms with Crippen LogP contribution < -0.4 is 14.8 Å². The first kappa shape index (κ1) is 21.7. The third-order valence-electron chi connectivity index (χ3n) is 4.86. The smallest absolute Gasteiger partial charge is 0.251 e. The van der Waals surface area contributed by atoms with E-state index in [2.05, 4.69) is 19.2 Å². The van der Waals surface area contributed by atoms with Crippen molar-refractivity contribution in [3.8, 4) is 11.5 Å². The van der Waals surface area contributed by atoms with Gasteiger partial charge in [0.1, 0.15) is 18.1 Å². The fourth-order valence-electron chi connectivity index (χ4n) is 2.98. The Morgan fingerprint density at radius 1 is 0.933 bits per heavy atom. The zero-order valence-corrected chi connectivity index (χ0v) is 18.3. The fraction of sp³-hybridized carbons (Fsp3) is 0.240. The number of carbonyl (C=O) groups is 1. The van der Waals surface area contributed by atoms with Crippen molar-refractivity contribution < 1.29 is 14.3 Å². The maximum absolute atomic E-state index is 12.6. The van der Waals surface area contributed by atoms with Crippen LogP contribution in [0, 0.1) is 13.8 Å². The molecule has 0 saturated heterocycles. The molecule has 0 aliphatic carbocycles. The van der Waals surface area contributed by atoms with E-state index in [1.54, 1.807) is 6.07 Å². The summed E-state index contributed by atoms with van der Waals surface area (Å²) in [6, 6.07) is 18.8. The summed E-state index contributed by atoms with van der Waals surface area (Å²) in [5.74, 6) is 1.36. The highest BCUT2D eigenvalue weighted by molar-refractivity contribution is 6.30. The van der Waals surface area contributed by atoms with E-state index in [9.17, 15) is 4.79 Å². The Balaban J connectivity index is 1.71. The molecule has 156 valence electrons. The molecule has 0 heterocycles. The summed E-state index contributed by atoms with van der Waals surface area (Å²) < 4.78 is 11.7. The number of hydrogen-bond donors (Lipinski definition) is 1. The van der Waals surface area contributed by atoms with Gasteiger partial charge in [0.05, 0.1) is 6.61 Å². The van der Waals surface area contributed by atoms with E-state index in [1.165, 1.54) is 11.1 Å². The van der Waals surface area contributed by atoms with Gasteiger partial charge >= 0.3 is 0 Å². The van der Waals surface area contributed by atoms with Gasteiger partial charge in [-0.05, 0) is 79.9 Å². The summed E-state index contributed by atoms with van der Waals surface area (Å²) in [4.78, 5) is 12.6. The lowest BCUT2D eigenvalue weighted by Crippen LogP contribution is -2.23. The second kappa shape index (κ2) is 10.2. The lowest BCUT2D eigenvalue weighted by molar-refractivity contribution is 0.0950. The summed E-state index contributed by atoms with van der Waals surface area (Å²) >= 11 is 5.91. The van der Waals surface area contributed by atoms with Gasteiger partial charge in [0.25, 0.3) is 5.91 Å². The Kier molecular flexibility index (Phi) is 7.36. The van der Waals surface area contributed by atoms with Gasteiger partial charge in [0.15, 0.2) is 0 Å². The SMILES string of the molecule is CCOc1ccc(C(=O)NCc2ccc(Cl)cc2)cc1COc1ccc(C)c(C)c1. The number of hydrogen-bond acceptors (Lipinski definition) is 3. The second-order valence-corrected chi connectivity index (χ2v) is 7.54. The highest BCUT2D eigenvalue weighted by atomic mass is 35.5. The standard InChI is InChI=1S/C25H26ClNO3/c1-4-29-24-12-8-20(25(28)27-15-19-6-9-22(26)10-7-19)14-21(24)16-30-23-11-5-17(2)18(3)13-23/h5-14H,4,15-16H2,1-3H3,(H,27,28). The highest BCUT2D eigenvalue weighted by Gasteiger charge is 2.12. The molecule has 3 aromatic carbocycles. The predicted octanol–water partition coefficient (Wildman–Crippen LogP) is 5.86. The zero-order valence-electron chi connectivity index (χ0n) is 17.5. The van der Waals surface area contributed by atoms with E-state index in [4.69, 9.17) is 21.1 Å². The molecule has 5 heteroatoms. The van der Waals surface area contributed by atoms with Crippen molar-refractivity contribution in [2.75, 3.05) is 6.61 Å². The van der Waals surface area contributed by atoms with Crippen LogP contribution in [0.1, 0.15) is 39.5 Å². The first-order chi connectivity index (χ1) is 14.5. The second-order valence-electron chi connectivity index (χ2n) is 7.10. The molecule has 0 aromatic heterocycles. The van der Waals surface area contributed by atoms with Crippen LogP contribution in [-0.2, 0) is 13.2 Å². The van der Waals surface area contributed by atoms with Crippen molar-refractivity contribution in [3.63, 3.8) is 0 Å². The molecule has 3 rings (SSSR count). The molecule has 3 aromatic rings. The average molecular weight is 424 g/mol. The van der Waals surface area contributed by atoms with E-state index in [0.29, 0.717) is 30.3 Å². The Labute approximate surface area is 182 Å². The van der Waals surface area contributed by atoms with E-state index < -0.39 is 0 Å². The maximum atomic E-state index is 12.6. The summed E-state index contributed by atoms with van der Waals surface area (Å²) in [7, 11) is 0. The minimum atomic E-state index is -0.152. The molecule has 0 saturated carbocycles. The van der Waals surface area contributed by atoms with Crippen LogP contribution in [0.3, 0.4) is 0 Å². The molecular weight excluding hydrogens is 398 g/mol. The summed E-state index contributed by atoms with van der Waals surface area (Å²) in [6.45, 7) is 7.34. The number of benzene rings is 3. The van der Waals surface area contributed by atoms with Crippen molar-refractivity contribution in [3.05, 3.63) is 93.5 Å². The predicted molar refractivity (Wildman–Crippen MR) is 120 cm³/mol. The van der Waals surface area contributed by atoms with Gasteiger partial charge in [-0.1, -0.05) is 29.8 Å². The number of rotatable bonds is 8. The minimum absolute atomic E-state index is 0.152. The first-order valence-electron chi connectivity index (χ1n) is 9.94. The Bertz CT molecular complexity index is 1020. The molecule has 0 aliphatic rings. The molecule has 0 bridgehead atoms. The lowest BCUT2D eigenvalue weighted by Gasteiger charge is -2.14. The number of carbonyl (C=O) groups excluding carboxylic acids is 1. The van der Waals surface area contributed by atoms with Gasteiger partial charge in [-0.2, -0.15) is 0 Å². The molecule has 0 aliphatic heterocycles. The monoisotopic (exact) mass is 423 g/mol. The largest absolute Gasteiger partial charge is 0.493 e. The van der Waals surface area contributed by atoms with Crippen molar-refractivity contribution >= 4 is 17.5 Å². The maximum Gasteiger partial charge on any atom is 0.251 e. The van der Waals surface area contributed by atoms with Crippen LogP contribution in [0.5, 0.6) is 11.5 Å². The van der Waals surface area contributed by atoms with E-state index in [1.807, 2.05) is 61.5 Å². The normalized spacial score (nSPS) is 10.5.